The third kappa shape index (κ3) is 3.63. The highest BCUT2D eigenvalue weighted by atomic mass is 32.1. The molecule has 84 valence electrons. The first-order valence-electron chi connectivity index (χ1n) is 5.38. The van der Waals surface area contributed by atoms with Gasteiger partial charge in [0.1, 0.15) is 5.69 Å². The first-order valence-corrected chi connectivity index (χ1v) is 6.26. The normalized spacial score (nSPS) is 10.7. The molecule has 0 fully saturated rings. The van der Waals surface area contributed by atoms with Crippen LogP contribution >= 0.6 is 11.3 Å². The van der Waals surface area contributed by atoms with Crippen molar-refractivity contribution in [2.24, 2.45) is 0 Å². The summed E-state index contributed by atoms with van der Waals surface area (Å²) in [5, 5.41) is 5.71. The lowest BCUT2D eigenvalue weighted by Crippen LogP contribution is -2.24. The van der Waals surface area contributed by atoms with Crippen LogP contribution < -0.4 is 5.32 Å². The fourth-order valence-electron chi connectivity index (χ4n) is 1.13. The third-order valence-corrected chi connectivity index (χ3v) is 3.21. The van der Waals surface area contributed by atoms with Crippen molar-refractivity contribution in [1.29, 1.82) is 0 Å². The zero-order valence-electron chi connectivity index (χ0n) is 9.54. The molecule has 0 saturated carbocycles. The molecular formula is C11H18N2OS. The van der Waals surface area contributed by atoms with Gasteiger partial charge in [0.25, 0.3) is 5.91 Å². The largest absolute Gasteiger partial charge is 0.351 e. The standard InChI is InChI=1S/C11H18N2OS/c1-4-5-6-12-10(14)9-7-15-11(13-9)8(2)3/h7-8H,4-6H2,1-3H3,(H,12,14). The topological polar surface area (TPSA) is 42.0 Å². The van der Waals surface area contributed by atoms with E-state index in [1.165, 1.54) is 0 Å². The predicted octanol–water partition coefficient (Wildman–Crippen LogP) is 2.80. The average molecular weight is 226 g/mol. The molecule has 1 aromatic heterocycles. The Morgan fingerprint density at radius 2 is 2.33 bits per heavy atom. The van der Waals surface area contributed by atoms with Crippen molar-refractivity contribution < 1.29 is 4.79 Å². The van der Waals surface area contributed by atoms with Crippen LogP contribution in [0, 0.1) is 0 Å². The summed E-state index contributed by atoms with van der Waals surface area (Å²) in [5.41, 5.74) is 0.555. The van der Waals surface area contributed by atoms with Crippen molar-refractivity contribution >= 4 is 17.2 Å². The molecule has 0 bridgehead atoms. The van der Waals surface area contributed by atoms with Crippen molar-refractivity contribution in [3.05, 3.63) is 16.1 Å². The van der Waals surface area contributed by atoms with Crippen LogP contribution in [0.1, 0.15) is 55.0 Å². The quantitative estimate of drug-likeness (QED) is 0.784. The van der Waals surface area contributed by atoms with E-state index in [0.29, 0.717) is 11.6 Å². The van der Waals surface area contributed by atoms with Gasteiger partial charge in [-0.25, -0.2) is 4.98 Å². The molecule has 0 aliphatic rings. The van der Waals surface area contributed by atoms with Crippen LogP contribution in [0.2, 0.25) is 0 Å². The maximum Gasteiger partial charge on any atom is 0.270 e. The Morgan fingerprint density at radius 1 is 1.60 bits per heavy atom. The van der Waals surface area contributed by atoms with Gasteiger partial charge in [-0.3, -0.25) is 4.79 Å². The highest BCUT2D eigenvalue weighted by Crippen LogP contribution is 2.18. The number of unbranched alkanes of at least 4 members (excludes halogenated alkanes) is 1. The molecule has 1 rings (SSSR count). The first-order chi connectivity index (χ1) is 7.15. The van der Waals surface area contributed by atoms with Gasteiger partial charge in [-0.1, -0.05) is 27.2 Å². The molecule has 0 spiro atoms. The summed E-state index contributed by atoms with van der Waals surface area (Å²) in [4.78, 5) is 15.9. The second kappa shape index (κ2) is 5.85. The molecule has 1 heterocycles. The molecule has 15 heavy (non-hydrogen) atoms. The molecule has 0 aromatic carbocycles. The minimum absolute atomic E-state index is 0.0494. The maximum atomic E-state index is 11.6. The van der Waals surface area contributed by atoms with E-state index in [4.69, 9.17) is 0 Å². The van der Waals surface area contributed by atoms with Gasteiger partial charge in [0.2, 0.25) is 0 Å². The van der Waals surface area contributed by atoms with Gasteiger partial charge in [0.05, 0.1) is 5.01 Å². The summed E-state index contributed by atoms with van der Waals surface area (Å²) in [6.07, 6.45) is 2.11. The molecule has 1 N–H and O–H groups in total. The SMILES string of the molecule is CCCCNC(=O)c1csc(C(C)C)n1. The van der Waals surface area contributed by atoms with Crippen LogP contribution in [0.25, 0.3) is 0 Å². The Morgan fingerprint density at radius 3 is 2.87 bits per heavy atom. The monoisotopic (exact) mass is 226 g/mol. The number of rotatable bonds is 5. The minimum Gasteiger partial charge on any atom is -0.351 e. The summed E-state index contributed by atoms with van der Waals surface area (Å²) in [6.45, 7) is 7.00. The summed E-state index contributed by atoms with van der Waals surface area (Å²) in [6, 6.07) is 0. The summed E-state index contributed by atoms with van der Waals surface area (Å²) < 4.78 is 0. The summed E-state index contributed by atoms with van der Waals surface area (Å²) in [7, 11) is 0. The molecule has 0 aliphatic carbocycles. The van der Waals surface area contributed by atoms with Crippen LogP contribution in [0.15, 0.2) is 5.38 Å². The van der Waals surface area contributed by atoms with Crippen LogP contribution in [0.3, 0.4) is 0 Å². The van der Waals surface area contributed by atoms with Crippen molar-refractivity contribution in [3.8, 4) is 0 Å². The molecule has 0 radical (unpaired) electrons. The molecule has 1 aromatic rings. The minimum atomic E-state index is -0.0494. The van der Waals surface area contributed by atoms with Gasteiger partial charge >= 0.3 is 0 Å². The number of hydrogen-bond donors (Lipinski definition) is 1. The van der Waals surface area contributed by atoms with E-state index in [0.717, 1.165) is 24.4 Å². The lowest BCUT2D eigenvalue weighted by atomic mass is 10.2. The maximum absolute atomic E-state index is 11.6. The van der Waals surface area contributed by atoms with Crippen molar-refractivity contribution in [2.45, 2.75) is 39.5 Å². The Hall–Kier alpha value is -0.900. The molecular weight excluding hydrogens is 208 g/mol. The van der Waals surface area contributed by atoms with E-state index in [2.05, 4.69) is 31.1 Å². The van der Waals surface area contributed by atoms with Gasteiger partial charge < -0.3 is 5.32 Å². The van der Waals surface area contributed by atoms with Crippen LogP contribution in [-0.2, 0) is 0 Å². The zero-order valence-corrected chi connectivity index (χ0v) is 10.4. The van der Waals surface area contributed by atoms with Crippen molar-refractivity contribution in [2.75, 3.05) is 6.54 Å². The first kappa shape index (κ1) is 12.2. The Kier molecular flexibility index (Phi) is 4.75. The van der Waals surface area contributed by atoms with Gasteiger partial charge in [0.15, 0.2) is 0 Å². The zero-order chi connectivity index (χ0) is 11.3. The molecule has 0 saturated heterocycles. The Labute approximate surface area is 94.9 Å². The number of aromatic nitrogens is 1. The lowest BCUT2D eigenvalue weighted by molar-refractivity contribution is 0.0948. The summed E-state index contributed by atoms with van der Waals surface area (Å²) >= 11 is 1.55. The number of carbonyl (C=O) groups excluding carboxylic acids is 1. The van der Waals surface area contributed by atoms with Crippen molar-refractivity contribution in [1.82, 2.24) is 10.3 Å². The number of amides is 1. The van der Waals surface area contributed by atoms with Crippen LogP contribution in [0.5, 0.6) is 0 Å². The van der Waals surface area contributed by atoms with Gasteiger partial charge in [-0.05, 0) is 6.42 Å². The average Bonchev–Trinajstić information content (AvgIpc) is 2.66. The van der Waals surface area contributed by atoms with E-state index >= 15 is 0 Å². The fourth-order valence-corrected chi connectivity index (χ4v) is 1.94. The molecule has 0 atom stereocenters. The third-order valence-electron chi connectivity index (χ3n) is 2.06. The predicted molar refractivity (Wildman–Crippen MR) is 63.4 cm³/mol. The van der Waals surface area contributed by atoms with Crippen LogP contribution in [0.4, 0.5) is 0 Å². The Balaban J connectivity index is 2.51. The second-order valence-electron chi connectivity index (χ2n) is 3.84. The number of nitrogens with one attached hydrogen (secondary N) is 1. The number of hydrogen-bond acceptors (Lipinski definition) is 3. The van der Waals surface area contributed by atoms with E-state index in [1.807, 2.05) is 5.38 Å². The van der Waals surface area contributed by atoms with Crippen LogP contribution in [-0.4, -0.2) is 17.4 Å². The van der Waals surface area contributed by atoms with Crippen molar-refractivity contribution in [3.63, 3.8) is 0 Å². The van der Waals surface area contributed by atoms with E-state index in [9.17, 15) is 4.79 Å². The molecule has 4 heteroatoms. The highest BCUT2D eigenvalue weighted by Gasteiger charge is 2.11. The number of thiazole rings is 1. The molecule has 3 nitrogen and oxygen atoms in total. The van der Waals surface area contributed by atoms with Gasteiger partial charge in [0, 0.05) is 17.8 Å². The second-order valence-corrected chi connectivity index (χ2v) is 4.72. The Bertz CT molecular complexity index is 320. The van der Waals surface area contributed by atoms with Gasteiger partial charge in [-0.2, -0.15) is 0 Å². The van der Waals surface area contributed by atoms with Gasteiger partial charge in [-0.15, -0.1) is 11.3 Å². The lowest BCUT2D eigenvalue weighted by Gasteiger charge is -2.01. The molecule has 0 unspecified atom stereocenters. The fraction of sp³-hybridized carbons (Fsp3) is 0.636. The smallest absolute Gasteiger partial charge is 0.270 e. The van der Waals surface area contributed by atoms with E-state index in [-0.39, 0.29) is 5.91 Å². The highest BCUT2D eigenvalue weighted by molar-refractivity contribution is 7.09. The van der Waals surface area contributed by atoms with E-state index in [1.54, 1.807) is 11.3 Å². The molecule has 1 amide bonds. The number of nitrogens with zero attached hydrogens (tertiary/aromatic N) is 1. The number of carbonyl (C=O) groups is 1. The van der Waals surface area contributed by atoms with E-state index < -0.39 is 0 Å². The molecule has 0 aliphatic heterocycles. The summed E-state index contributed by atoms with van der Waals surface area (Å²) in [5.74, 6) is 0.346.